The third kappa shape index (κ3) is 5.04. The number of nitrogens with zero attached hydrogens (tertiary/aromatic N) is 3. The van der Waals surface area contributed by atoms with Gasteiger partial charge in [0, 0.05) is 31.9 Å². The van der Waals surface area contributed by atoms with Crippen molar-refractivity contribution in [1.29, 1.82) is 0 Å². The van der Waals surface area contributed by atoms with E-state index in [4.69, 9.17) is 5.11 Å². The highest BCUT2D eigenvalue weighted by Crippen LogP contribution is 2.17. The van der Waals surface area contributed by atoms with Gasteiger partial charge < -0.3 is 10.0 Å². The number of likely N-dealkylation sites (tertiary alicyclic amines) is 1. The zero-order chi connectivity index (χ0) is 17.5. The summed E-state index contributed by atoms with van der Waals surface area (Å²) in [5.74, 6) is -0.698. The normalized spacial score (nSPS) is 16.3. The van der Waals surface area contributed by atoms with Gasteiger partial charge in [0.2, 0.25) is 5.91 Å². The lowest BCUT2D eigenvalue weighted by Gasteiger charge is -2.37. The Balaban J connectivity index is 1.82. The van der Waals surface area contributed by atoms with Gasteiger partial charge in [-0.2, -0.15) is 0 Å². The van der Waals surface area contributed by atoms with Crippen LogP contribution in [0.15, 0.2) is 30.3 Å². The second-order valence-corrected chi connectivity index (χ2v) is 6.25. The summed E-state index contributed by atoms with van der Waals surface area (Å²) in [7, 11) is 1.80. The summed E-state index contributed by atoms with van der Waals surface area (Å²) in [6.07, 6.45) is 1.81. The number of amides is 1. The van der Waals surface area contributed by atoms with Crippen molar-refractivity contribution in [1.82, 2.24) is 9.80 Å². The Hall–Kier alpha value is -1.92. The molecule has 0 bridgehead atoms. The molecule has 2 rings (SSSR count). The van der Waals surface area contributed by atoms with Gasteiger partial charge in [-0.25, -0.2) is 0 Å². The minimum Gasteiger partial charge on any atom is -0.480 e. The third-order valence-corrected chi connectivity index (χ3v) is 4.69. The predicted molar refractivity (Wildman–Crippen MR) is 94.2 cm³/mol. The Morgan fingerprint density at radius 3 is 2.38 bits per heavy atom. The molecule has 1 aromatic carbocycles. The van der Waals surface area contributed by atoms with Crippen LogP contribution in [0.2, 0.25) is 0 Å². The van der Waals surface area contributed by atoms with E-state index in [1.54, 1.807) is 11.9 Å². The summed E-state index contributed by atoms with van der Waals surface area (Å²) < 4.78 is 0. The summed E-state index contributed by atoms with van der Waals surface area (Å²) in [5, 5.41) is 8.98. The number of rotatable bonds is 7. The molecule has 0 aliphatic carbocycles. The van der Waals surface area contributed by atoms with Crippen molar-refractivity contribution < 1.29 is 14.7 Å². The van der Waals surface area contributed by atoms with Crippen LogP contribution in [0.25, 0.3) is 0 Å². The van der Waals surface area contributed by atoms with E-state index in [0.717, 1.165) is 38.2 Å². The Morgan fingerprint density at radius 2 is 1.83 bits per heavy atom. The fourth-order valence-corrected chi connectivity index (χ4v) is 3.21. The number of anilines is 1. The number of likely N-dealkylation sites (N-methyl/N-ethyl adjacent to an activating group) is 2. The molecule has 6 heteroatoms. The summed E-state index contributed by atoms with van der Waals surface area (Å²) in [6.45, 7) is 4.89. The molecule has 6 nitrogen and oxygen atoms in total. The van der Waals surface area contributed by atoms with Crippen LogP contribution in [0.3, 0.4) is 0 Å². The van der Waals surface area contributed by atoms with Crippen LogP contribution in [0.5, 0.6) is 0 Å². The molecule has 132 valence electrons. The van der Waals surface area contributed by atoms with E-state index in [1.807, 2.05) is 42.2 Å². The zero-order valence-electron chi connectivity index (χ0n) is 14.5. The third-order valence-electron chi connectivity index (χ3n) is 4.69. The molecule has 1 aliphatic rings. The Morgan fingerprint density at radius 1 is 1.21 bits per heavy atom. The first-order chi connectivity index (χ1) is 11.5. The molecule has 1 aromatic rings. The van der Waals surface area contributed by atoms with E-state index in [1.165, 1.54) is 0 Å². The lowest BCUT2D eigenvalue weighted by Crippen LogP contribution is -2.48. The smallest absolute Gasteiger partial charge is 0.317 e. The predicted octanol–water partition coefficient (Wildman–Crippen LogP) is 1.52. The molecular formula is C18H27N3O3. The second kappa shape index (κ2) is 8.80. The molecule has 1 aliphatic heterocycles. The topological polar surface area (TPSA) is 64.1 Å². The van der Waals surface area contributed by atoms with Crippen LogP contribution >= 0.6 is 0 Å². The standard InChI is InChI=1S/C18H27N3O3/c1-3-21(14-18(23)24)16-9-11-20(12-10-16)13-17(22)19(2)15-7-5-4-6-8-15/h4-8,16H,3,9-14H2,1-2H3,(H,23,24). The molecule has 24 heavy (non-hydrogen) atoms. The molecule has 1 heterocycles. The van der Waals surface area contributed by atoms with Crippen LogP contribution in [-0.2, 0) is 9.59 Å². The fourth-order valence-electron chi connectivity index (χ4n) is 3.21. The Labute approximate surface area is 143 Å². The molecule has 1 N–H and O–H groups in total. The summed E-state index contributed by atoms with van der Waals surface area (Å²) in [5.41, 5.74) is 0.899. The van der Waals surface area contributed by atoms with Gasteiger partial charge in [0.1, 0.15) is 0 Å². The van der Waals surface area contributed by atoms with Crippen LogP contribution in [0, 0.1) is 0 Å². The first-order valence-electron chi connectivity index (χ1n) is 8.51. The molecule has 0 spiro atoms. The highest BCUT2D eigenvalue weighted by Gasteiger charge is 2.26. The molecule has 1 fully saturated rings. The average Bonchev–Trinajstić information content (AvgIpc) is 2.60. The van der Waals surface area contributed by atoms with E-state index >= 15 is 0 Å². The minimum atomic E-state index is -0.779. The molecule has 0 radical (unpaired) electrons. The fraction of sp³-hybridized carbons (Fsp3) is 0.556. The van der Waals surface area contributed by atoms with E-state index < -0.39 is 5.97 Å². The SMILES string of the molecule is CCN(CC(=O)O)C1CCN(CC(=O)N(C)c2ccccc2)CC1. The van der Waals surface area contributed by atoms with Gasteiger partial charge >= 0.3 is 5.97 Å². The van der Waals surface area contributed by atoms with Crippen LogP contribution in [-0.4, -0.2) is 72.6 Å². The number of para-hydroxylation sites is 1. The van der Waals surface area contributed by atoms with Gasteiger partial charge in [-0.3, -0.25) is 19.4 Å². The van der Waals surface area contributed by atoms with Gasteiger partial charge in [-0.1, -0.05) is 25.1 Å². The molecule has 0 unspecified atom stereocenters. The number of hydrogen-bond donors (Lipinski definition) is 1. The Kier molecular flexibility index (Phi) is 6.75. The maximum atomic E-state index is 12.4. The van der Waals surface area contributed by atoms with Gasteiger partial charge in [0.25, 0.3) is 0 Å². The number of piperidine rings is 1. The Bertz CT molecular complexity index is 542. The van der Waals surface area contributed by atoms with Gasteiger partial charge in [0.05, 0.1) is 13.1 Å². The molecule has 0 atom stereocenters. The first-order valence-corrected chi connectivity index (χ1v) is 8.51. The van der Waals surface area contributed by atoms with Crippen molar-refractivity contribution in [2.45, 2.75) is 25.8 Å². The van der Waals surface area contributed by atoms with E-state index in [9.17, 15) is 9.59 Å². The zero-order valence-corrected chi connectivity index (χ0v) is 14.5. The number of carboxylic acids is 1. The van der Waals surface area contributed by atoms with E-state index in [0.29, 0.717) is 12.6 Å². The van der Waals surface area contributed by atoms with Crippen molar-refractivity contribution in [2.24, 2.45) is 0 Å². The van der Waals surface area contributed by atoms with E-state index in [2.05, 4.69) is 4.90 Å². The molecule has 0 saturated carbocycles. The lowest BCUT2D eigenvalue weighted by molar-refractivity contribution is -0.139. The summed E-state index contributed by atoms with van der Waals surface area (Å²) >= 11 is 0. The van der Waals surface area contributed by atoms with Crippen molar-refractivity contribution >= 4 is 17.6 Å². The molecule has 1 amide bonds. The minimum absolute atomic E-state index is 0.0810. The highest BCUT2D eigenvalue weighted by atomic mass is 16.4. The maximum Gasteiger partial charge on any atom is 0.317 e. The molecule has 0 aromatic heterocycles. The van der Waals surface area contributed by atoms with E-state index in [-0.39, 0.29) is 12.5 Å². The van der Waals surface area contributed by atoms with Gasteiger partial charge in [-0.15, -0.1) is 0 Å². The monoisotopic (exact) mass is 333 g/mol. The van der Waals surface area contributed by atoms with Crippen molar-refractivity contribution in [3.8, 4) is 0 Å². The van der Waals surface area contributed by atoms with Gasteiger partial charge in [-0.05, 0) is 31.5 Å². The molecule has 1 saturated heterocycles. The maximum absolute atomic E-state index is 12.4. The lowest BCUT2D eigenvalue weighted by atomic mass is 10.0. The van der Waals surface area contributed by atoms with Gasteiger partial charge in [0.15, 0.2) is 0 Å². The summed E-state index contributed by atoms with van der Waals surface area (Å²) in [6, 6.07) is 9.93. The summed E-state index contributed by atoms with van der Waals surface area (Å²) in [4.78, 5) is 29.2. The largest absolute Gasteiger partial charge is 0.480 e. The quantitative estimate of drug-likeness (QED) is 0.820. The van der Waals surface area contributed by atoms with Crippen LogP contribution < -0.4 is 4.90 Å². The second-order valence-electron chi connectivity index (χ2n) is 6.25. The number of aliphatic carboxylic acids is 1. The average molecular weight is 333 g/mol. The number of benzene rings is 1. The first kappa shape index (κ1) is 18.4. The van der Waals surface area contributed by atoms with Crippen molar-refractivity contribution in [3.05, 3.63) is 30.3 Å². The van der Waals surface area contributed by atoms with Crippen molar-refractivity contribution in [3.63, 3.8) is 0 Å². The number of hydrogen-bond acceptors (Lipinski definition) is 4. The number of carbonyl (C=O) groups is 2. The highest BCUT2D eigenvalue weighted by molar-refractivity contribution is 5.94. The van der Waals surface area contributed by atoms with Crippen LogP contribution in [0.4, 0.5) is 5.69 Å². The number of carbonyl (C=O) groups excluding carboxylic acids is 1. The van der Waals surface area contributed by atoms with Crippen LogP contribution in [0.1, 0.15) is 19.8 Å². The molecular weight excluding hydrogens is 306 g/mol. The number of carboxylic acid groups (broad SMARTS) is 1. The van der Waals surface area contributed by atoms with Crippen molar-refractivity contribution in [2.75, 3.05) is 44.7 Å².